The number of hydrogen-bond acceptors (Lipinski definition) is 3. The Morgan fingerprint density at radius 1 is 1.26 bits per heavy atom. The van der Waals surface area contributed by atoms with Gasteiger partial charge in [0, 0.05) is 12.1 Å². The lowest BCUT2D eigenvalue weighted by Crippen LogP contribution is -2.26. The molecule has 1 aromatic rings. The Hall–Kier alpha value is -1.07. The Labute approximate surface area is 116 Å². The maximum Gasteiger partial charge on any atom is 0.211 e. The van der Waals surface area contributed by atoms with Gasteiger partial charge in [0.05, 0.1) is 12.9 Å². The van der Waals surface area contributed by atoms with Gasteiger partial charge in [-0.05, 0) is 37.5 Å². The Morgan fingerprint density at radius 3 is 2.53 bits per heavy atom. The molecule has 1 rings (SSSR count). The normalized spacial score (nSPS) is 11.6. The number of aryl methyl sites for hydroxylation is 2. The first-order valence-corrected chi connectivity index (χ1v) is 8.16. The second-order valence-corrected chi connectivity index (χ2v) is 6.68. The highest BCUT2D eigenvalue weighted by Crippen LogP contribution is 2.24. The fourth-order valence-electron chi connectivity index (χ4n) is 1.96. The van der Waals surface area contributed by atoms with Crippen LogP contribution in [0.3, 0.4) is 0 Å². The van der Waals surface area contributed by atoms with Crippen molar-refractivity contribution in [3.8, 4) is 5.75 Å². The highest BCUT2D eigenvalue weighted by Gasteiger charge is 2.13. The fourth-order valence-corrected chi connectivity index (χ4v) is 3.13. The number of nitrogens with one attached hydrogen (secondary N) is 1. The third kappa shape index (κ3) is 4.84. The minimum absolute atomic E-state index is 0.177. The van der Waals surface area contributed by atoms with E-state index in [0.29, 0.717) is 6.42 Å². The van der Waals surface area contributed by atoms with E-state index in [9.17, 15) is 8.42 Å². The summed E-state index contributed by atoms with van der Waals surface area (Å²) in [6.45, 7) is 6.21. The zero-order valence-electron chi connectivity index (χ0n) is 12.1. The van der Waals surface area contributed by atoms with Gasteiger partial charge >= 0.3 is 0 Å². The van der Waals surface area contributed by atoms with Gasteiger partial charge in [0.2, 0.25) is 10.0 Å². The predicted octanol–water partition coefficient (Wildman–Crippen LogP) is 2.53. The van der Waals surface area contributed by atoms with Gasteiger partial charge in [0.1, 0.15) is 5.75 Å². The van der Waals surface area contributed by atoms with E-state index in [-0.39, 0.29) is 12.3 Å². The Morgan fingerprint density at radius 2 is 1.95 bits per heavy atom. The van der Waals surface area contributed by atoms with Crippen molar-refractivity contribution in [3.05, 3.63) is 28.8 Å². The van der Waals surface area contributed by atoms with Crippen LogP contribution < -0.4 is 9.46 Å². The molecular formula is C14H23NO3S. The maximum absolute atomic E-state index is 11.8. The molecule has 1 N–H and O–H groups in total. The molecule has 0 amide bonds. The molecule has 5 heteroatoms. The van der Waals surface area contributed by atoms with Crippen LogP contribution in [0.5, 0.6) is 5.75 Å². The second-order valence-electron chi connectivity index (χ2n) is 4.76. The molecule has 0 heterocycles. The average Bonchev–Trinajstić information content (AvgIpc) is 2.34. The summed E-state index contributed by atoms with van der Waals surface area (Å²) in [4.78, 5) is 0. The smallest absolute Gasteiger partial charge is 0.211 e. The van der Waals surface area contributed by atoms with Gasteiger partial charge < -0.3 is 4.74 Å². The average molecular weight is 285 g/mol. The van der Waals surface area contributed by atoms with Gasteiger partial charge in [-0.3, -0.25) is 0 Å². The number of sulfonamides is 1. The first-order valence-electron chi connectivity index (χ1n) is 6.51. The van der Waals surface area contributed by atoms with E-state index in [0.717, 1.165) is 28.9 Å². The summed E-state index contributed by atoms with van der Waals surface area (Å²) in [5, 5.41) is 0. The van der Waals surface area contributed by atoms with Crippen molar-refractivity contribution < 1.29 is 13.2 Å². The molecule has 4 nitrogen and oxygen atoms in total. The van der Waals surface area contributed by atoms with E-state index in [1.54, 1.807) is 7.11 Å². The number of ether oxygens (including phenoxy) is 1. The first kappa shape index (κ1) is 16.0. The molecule has 0 saturated carbocycles. The van der Waals surface area contributed by atoms with Crippen LogP contribution in [0.4, 0.5) is 0 Å². The summed E-state index contributed by atoms with van der Waals surface area (Å²) in [6, 6.07) is 3.95. The third-order valence-corrected chi connectivity index (χ3v) is 4.44. The van der Waals surface area contributed by atoms with Crippen molar-refractivity contribution >= 4 is 10.0 Å². The lowest BCUT2D eigenvalue weighted by Gasteiger charge is -2.14. The Kier molecular flexibility index (Phi) is 5.82. The monoisotopic (exact) mass is 285 g/mol. The molecule has 0 aromatic heterocycles. The zero-order valence-corrected chi connectivity index (χ0v) is 12.9. The minimum Gasteiger partial charge on any atom is -0.496 e. The lowest BCUT2D eigenvalue weighted by molar-refractivity contribution is 0.408. The van der Waals surface area contributed by atoms with E-state index in [1.165, 1.54) is 0 Å². The van der Waals surface area contributed by atoms with Crippen molar-refractivity contribution in [2.45, 2.75) is 40.2 Å². The summed E-state index contributed by atoms with van der Waals surface area (Å²) < 4.78 is 31.5. The van der Waals surface area contributed by atoms with Gasteiger partial charge in [0.25, 0.3) is 0 Å². The first-order chi connectivity index (χ1) is 8.89. The molecule has 0 aliphatic carbocycles. The molecule has 1 aromatic carbocycles. The topological polar surface area (TPSA) is 55.4 Å². The molecule has 0 saturated heterocycles. The number of benzene rings is 1. The molecule has 0 atom stereocenters. The van der Waals surface area contributed by atoms with Gasteiger partial charge in [0.15, 0.2) is 0 Å². The molecule has 108 valence electrons. The summed E-state index contributed by atoms with van der Waals surface area (Å²) >= 11 is 0. The molecule has 19 heavy (non-hydrogen) atoms. The van der Waals surface area contributed by atoms with E-state index in [4.69, 9.17) is 4.74 Å². The standard InChI is InChI=1S/C14H23NO3S/c1-5-6-7-19(16,17)15-10-13-12(3)8-11(2)9-14(13)18-4/h8-9,15H,5-7,10H2,1-4H3. The summed E-state index contributed by atoms with van der Waals surface area (Å²) in [6.07, 6.45) is 1.55. The van der Waals surface area contributed by atoms with Crippen LogP contribution in [-0.2, 0) is 16.6 Å². The van der Waals surface area contributed by atoms with Crippen LogP contribution in [0.2, 0.25) is 0 Å². The molecule has 0 aliphatic heterocycles. The van der Waals surface area contributed by atoms with Crippen LogP contribution in [0.1, 0.15) is 36.5 Å². The van der Waals surface area contributed by atoms with Gasteiger partial charge in [-0.15, -0.1) is 0 Å². The summed E-state index contributed by atoms with van der Waals surface area (Å²) in [7, 11) is -1.60. The summed E-state index contributed by atoms with van der Waals surface area (Å²) in [5.41, 5.74) is 3.04. The second kappa shape index (κ2) is 6.91. The number of rotatable bonds is 7. The largest absolute Gasteiger partial charge is 0.496 e. The van der Waals surface area contributed by atoms with E-state index in [2.05, 4.69) is 4.72 Å². The SMILES string of the molecule is CCCCS(=O)(=O)NCc1c(C)cc(C)cc1OC. The minimum atomic E-state index is -3.20. The van der Waals surface area contributed by atoms with Crippen LogP contribution in [0.25, 0.3) is 0 Å². The maximum atomic E-state index is 11.8. The zero-order chi connectivity index (χ0) is 14.5. The van der Waals surface area contributed by atoms with E-state index < -0.39 is 10.0 Å². The van der Waals surface area contributed by atoms with Gasteiger partial charge in [-0.25, -0.2) is 13.1 Å². The number of hydrogen-bond donors (Lipinski definition) is 1. The third-order valence-electron chi connectivity index (χ3n) is 3.03. The number of methoxy groups -OCH3 is 1. The van der Waals surface area contributed by atoms with Crippen molar-refractivity contribution in [2.75, 3.05) is 12.9 Å². The lowest BCUT2D eigenvalue weighted by atomic mass is 10.0. The highest BCUT2D eigenvalue weighted by molar-refractivity contribution is 7.89. The van der Waals surface area contributed by atoms with Crippen molar-refractivity contribution in [1.82, 2.24) is 4.72 Å². The van der Waals surface area contributed by atoms with Crippen LogP contribution in [0.15, 0.2) is 12.1 Å². The molecule has 0 spiro atoms. The van der Waals surface area contributed by atoms with Gasteiger partial charge in [-0.1, -0.05) is 19.4 Å². The fraction of sp³-hybridized carbons (Fsp3) is 0.571. The predicted molar refractivity (Wildman–Crippen MR) is 78.0 cm³/mol. The van der Waals surface area contributed by atoms with Crippen molar-refractivity contribution in [3.63, 3.8) is 0 Å². The molecule has 0 fully saturated rings. The summed E-state index contributed by atoms with van der Waals surface area (Å²) in [5.74, 6) is 0.909. The quantitative estimate of drug-likeness (QED) is 0.837. The van der Waals surface area contributed by atoms with Crippen LogP contribution >= 0.6 is 0 Å². The van der Waals surface area contributed by atoms with Crippen LogP contribution in [-0.4, -0.2) is 21.3 Å². The Bertz CT molecular complexity index is 524. The van der Waals surface area contributed by atoms with E-state index >= 15 is 0 Å². The van der Waals surface area contributed by atoms with Gasteiger partial charge in [-0.2, -0.15) is 0 Å². The van der Waals surface area contributed by atoms with E-state index in [1.807, 2.05) is 32.9 Å². The molecule has 0 bridgehead atoms. The molecule has 0 unspecified atom stereocenters. The van der Waals surface area contributed by atoms with Crippen LogP contribution in [0, 0.1) is 13.8 Å². The number of unbranched alkanes of at least 4 members (excludes halogenated alkanes) is 1. The van der Waals surface area contributed by atoms with Crippen molar-refractivity contribution in [2.24, 2.45) is 0 Å². The molecular weight excluding hydrogens is 262 g/mol. The highest BCUT2D eigenvalue weighted by atomic mass is 32.2. The molecule has 0 radical (unpaired) electrons. The molecule has 0 aliphatic rings. The Balaban J connectivity index is 2.83. The van der Waals surface area contributed by atoms with Crippen molar-refractivity contribution in [1.29, 1.82) is 0 Å².